The Labute approximate surface area is 71.1 Å². The van der Waals surface area contributed by atoms with E-state index in [-0.39, 0.29) is 0 Å². The summed E-state index contributed by atoms with van der Waals surface area (Å²) in [4.78, 5) is 0. The van der Waals surface area contributed by atoms with Crippen molar-refractivity contribution in [3.63, 3.8) is 0 Å². The van der Waals surface area contributed by atoms with Crippen LogP contribution in [0.4, 0.5) is 0 Å². The number of aliphatic hydroxyl groups is 1. The summed E-state index contributed by atoms with van der Waals surface area (Å²) in [7, 11) is 0. The average Bonchev–Trinajstić information content (AvgIpc) is 2.00. The number of hydrogen-bond acceptors (Lipinski definition) is 1. The highest BCUT2D eigenvalue weighted by atomic mass is 16.2. The second kappa shape index (κ2) is 16.4. The third-order valence-electron chi connectivity index (χ3n) is 1.26. The highest BCUT2D eigenvalue weighted by Crippen LogP contribution is 2.00. The van der Waals surface area contributed by atoms with Crippen LogP contribution in [0, 0.1) is 0 Å². The summed E-state index contributed by atoms with van der Waals surface area (Å²) in [5.41, 5.74) is 0. The fourth-order valence-corrected chi connectivity index (χ4v) is 0.715. The second-order valence-electron chi connectivity index (χ2n) is 2.55. The summed E-state index contributed by atoms with van der Waals surface area (Å²) in [6, 6.07) is 0. The Kier molecular flexibility index (Phi) is 19.8. The lowest BCUT2D eigenvalue weighted by Crippen LogP contribution is -1.81. The van der Waals surface area contributed by atoms with E-state index in [1.807, 2.05) is 6.92 Å². The maximum Gasteiger partial charge on any atom is 0.0431 e. The van der Waals surface area contributed by atoms with Crippen molar-refractivity contribution in [2.75, 3.05) is 6.61 Å². The largest absolute Gasteiger partial charge is 0.396 e. The summed E-state index contributed by atoms with van der Waals surface area (Å²) in [5.74, 6) is 0. The van der Waals surface area contributed by atoms with E-state index in [4.69, 9.17) is 5.11 Å². The van der Waals surface area contributed by atoms with E-state index in [9.17, 15) is 0 Å². The first-order valence-electron chi connectivity index (χ1n) is 4.51. The van der Waals surface area contributed by atoms with E-state index in [2.05, 4.69) is 13.5 Å². The molecule has 0 fully saturated rings. The van der Waals surface area contributed by atoms with Gasteiger partial charge in [0.2, 0.25) is 0 Å². The molecule has 11 heavy (non-hydrogen) atoms. The zero-order valence-corrected chi connectivity index (χ0v) is 7.97. The fourth-order valence-electron chi connectivity index (χ4n) is 0.715. The summed E-state index contributed by atoms with van der Waals surface area (Å²) in [5, 5.41) is 8.37. The Morgan fingerprint density at radius 3 is 2.00 bits per heavy atom. The lowest BCUT2D eigenvalue weighted by molar-refractivity contribution is 0.282. The van der Waals surface area contributed by atoms with E-state index < -0.39 is 0 Å². The SMILES string of the molecule is C=CC.CCCCCCCO. The molecule has 0 rings (SSSR count). The minimum Gasteiger partial charge on any atom is -0.396 e. The molecular weight excluding hydrogens is 136 g/mol. The van der Waals surface area contributed by atoms with E-state index in [0.717, 1.165) is 6.42 Å². The molecule has 0 aromatic heterocycles. The molecule has 68 valence electrons. The molecule has 0 aromatic rings. The van der Waals surface area contributed by atoms with Crippen molar-refractivity contribution in [1.82, 2.24) is 0 Å². The van der Waals surface area contributed by atoms with Gasteiger partial charge in [-0.2, -0.15) is 0 Å². The Morgan fingerprint density at radius 1 is 1.18 bits per heavy atom. The highest BCUT2D eigenvalue weighted by molar-refractivity contribution is 4.51. The second-order valence-corrected chi connectivity index (χ2v) is 2.55. The smallest absolute Gasteiger partial charge is 0.0431 e. The summed E-state index contributed by atoms with van der Waals surface area (Å²) in [6.45, 7) is 7.81. The Hall–Kier alpha value is -0.300. The molecule has 0 spiro atoms. The number of unbranched alkanes of at least 4 members (excludes halogenated alkanes) is 4. The van der Waals surface area contributed by atoms with E-state index >= 15 is 0 Å². The van der Waals surface area contributed by atoms with Crippen molar-refractivity contribution in [3.05, 3.63) is 12.7 Å². The first-order chi connectivity index (χ1) is 5.33. The lowest BCUT2D eigenvalue weighted by atomic mass is 10.2. The van der Waals surface area contributed by atoms with Crippen LogP contribution in [-0.2, 0) is 0 Å². The third kappa shape index (κ3) is 26.0. The molecule has 1 nitrogen and oxygen atoms in total. The van der Waals surface area contributed by atoms with Crippen molar-refractivity contribution in [1.29, 1.82) is 0 Å². The Morgan fingerprint density at radius 2 is 1.64 bits per heavy atom. The van der Waals surface area contributed by atoms with Gasteiger partial charge < -0.3 is 5.11 Å². The lowest BCUT2D eigenvalue weighted by Gasteiger charge is -1.93. The normalized spacial score (nSPS) is 8.27. The minimum absolute atomic E-state index is 0.365. The first-order valence-corrected chi connectivity index (χ1v) is 4.51. The topological polar surface area (TPSA) is 20.2 Å². The number of hydrogen-bond donors (Lipinski definition) is 1. The van der Waals surface area contributed by atoms with Crippen molar-refractivity contribution >= 4 is 0 Å². The molecular formula is C10H22O. The fraction of sp³-hybridized carbons (Fsp3) is 0.800. The molecule has 0 aliphatic carbocycles. The van der Waals surface area contributed by atoms with Crippen molar-refractivity contribution in [2.24, 2.45) is 0 Å². The van der Waals surface area contributed by atoms with Gasteiger partial charge in [-0.3, -0.25) is 0 Å². The van der Waals surface area contributed by atoms with Gasteiger partial charge in [0.1, 0.15) is 0 Å². The highest BCUT2D eigenvalue weighted by Gasteiger charge is 1.84. The number of allylic oxidation sites excluding steroid dienone is 1. The van der Waals surface area contributed by atoms with Crippen LogP contribution in [-0.4, -0.2) is 11.7 Å². The van der Waals surface area contributed by atoms with E-state index in [0.29, 0.717) is 6.61 Å². The van der Waals surface area contributed by atoms with Gasteiger partial charge >= 0.3 is 0 Å². The molecule has 0 atom stereocenters. The summed E-state index contributed by atoms with van der Waals surface area (Å²) in [6.07, 6.45) is 7.83. The zero-order valence-electron chi connectivity index (χ0n) is 7.97. The molecule has 1 heteroatoms. The summed E-state index contributed by atoms with van der Waals surface area (Å²) < 4.78 is 0. The molecule has 0 aromatic carbocycles. The van der Waals surface area contributed by atoms with Crippen LogP contribution in [0.5, 0.6) is 0 Å². The molecule has 0 radical (unpaired) electrons. The van der Waals surface area contributed by atoms with Crippen LogP contribution in [0.25, 0.3) is 0 Å². The van der Waals surface area contributed by atoms with Gasteiger partial charge in [-0.1, -0.05) is 38.7 Å². The molecule has 0 bridgehead atoms. The molecule has 0 saturated carbocycles. The van der Waals surface area contributed by atoms with Gasteiger partial charge in [-0.15, -0.1) is 6.58 Å². The van der Waals surface area contributed by atoms with Crippen molar-refractivity contribution in [3.8, 4) is 0 Å². The molecule has 0 aliphatic rings. The zero-order chi connectivity index (χ0) is 8.95. The van der Waals surface area contributed by atoms with E-state index in [1.165, 1.54) is 25.7 Å². The van der Waals surface area contributed by atoms with Crippen LogP contribution in [0.3, 0.4) is 0 Å². The van der Waals surface area contributed by atoms with Crippen molar-refractivity contribution in [2.45, 2.75) is 46.0 Å². The van der Waals surface area contributed by atoms with Crippen LogP contribution in [0.1, 0.15) is 46.0 Å². The monoisotopic (exact) mass is 158 g/mol. The predicted octanol–water partition coefficient (Wildman–Crippen LogP) is 3.14. The number of rotatable bonds is 5. The minimum atomic E-state index is 0.365. The van der Waals surface area contributed by atoms with Gasteiger partial charge in [0, 0.05) is 6.61 Å². The van der Waals surface area contributed by atoms with Crippen LogP contribution >= 0.6 is 0 Å². The van der Waals surface area contributed by atoms with E-state index in [1.54, 1.807) is 6.08 Å². The molecule has 0 unspecified atom stereocenters. The third-order valence-corrected chi connectivity index (χ3v) is 1.26. The number of aliphatic hydroxyl groups excluding tert-OH is 1. The molecule has 0 amide bonds. The molecule has 1 N–H and O–H groups in total. The van der Waals surface area contributed by atoms with Crippen LogP contribution in [0.15, 0.2) is 12.7 Å². The standard InChI is InChI=1S/C7H16O.C3H6/c1-2-3-4-5-6-7-8;1-3-2/h8H,2-7H2,1H3;3H,1H2,2H3. The average molecular weight is 158 g/mol. The van der Waals surface area contributed by atoms with Gasteiger partial charge in [0.25, 0.3) is 0 Å². The van der Waals surface area contributed by atoms with Gasteiger partial charge in [0.05, 0.1) is 0 Å². The maximum absolute atomic E-state index is 8.37. The van der Waals surface area contributed by atoms with Crippen LogP contribution in [0.2, 0.25) is 0 Å². The first kappa shape index (κ1) is 13.3. The maximum atomic E-state index is 8.37. The predicted molar refractivity (Wildman–Crippen MR) is 51.7 cm³/mol. The molecule has 0 saturated heterocycles. The quantitative estimate of drug-likeness (QED) is 0.481. The molecule has 0 heterocycles. The van der Waals surface area contributed by atoms with Crippen LogP contribution < -0.4 is 0 Å². The van der Waals surface area contributed by atoms with Gasteiger partial charge in [-0.25, -0.2) is 0 Å². The summed E-state index contributed by atoms with van der Waals surface area (Å²) >= 11 is 0. The Bertz CT molecular complexity index is 53.9. The van der Waals surface area contributed by atoms with Gasteiger partial charge in [-0.05, 0) is 13.3 Å². The molecule has 0 aliphatic heterocycles. The van der Waals surface area contributed by atoms with Gasteiger partial charge in [0.15, 0.2) is 0 Å². The van der Waals surface area contributed by atoms with Crippen molar-refractivity contribution < 1.29 is 5.11 Å². The Balaban J connectivity index is 0.